The van der Waals surface area contributed by atoms with Crippen molar-refractivity contribution in [3.8, 4) is 0 Å². The molecule has 0 bridgehead atoms. The van der Waals surface area contributed by atoms with Crippen molar-refractivity contribution in [1.82, 2.24) is 9.80 Å². The normalized spacial score (nSPS) is 18.2. The summed E-state index contributed by atoms with van der Waals surface area (Å²) in [5, 5.41) is 0.963. The van der Waals surface area contributed by atoms with Gasteiger partial charge in [0, 0.05) is 27.2 Å². The van der Waals surface area contributed by atoms with E-state index in [9.17, 15) is 0 Å². The smallest absolute Gasteiger partial charge is 0.350 e. The molecule has 0 amide bonds. The Labute approximate surface area is 83.5 Å². The maximum absolute atomic E-state index is 5.02. The molecular weight excluding hydrogens is 143 g/mol. The van der Waals surface area contributed by atoms with Crippen LogP contribution in [0, 0.1) is 0 Å². The van der Waals surface area contributed by atoms with Gasteiger partial charge in [0.1, 0.15) is 0 Å². The van der Waals surface area contributed by atoms with Crippen LogP contribution in [-0.4, -0.2) is 42.1 Å². The fourth-order valence-electron chi connectivity index (χ4n) is 0.783. The zero-order valence-corrected chi connectivity index (χ0v) is 9.03. The Balaban J connectivity index is 0.000000640. The molecule has 1 saturated heterocycles. The molecule has 0 aromatic heterocycles. The van der Waals surface area contributed by atoms with Crippen molar-refractivity contribution in [1.29, 1.82) is 0 Å². The van der Waals surface area contributed by atoms with E-state index in [0.717, 1.165) is 18.2 Å². The summed E-state index contributed by atoms with van der Waals surface area (Å²) in [5.74, 6) is 0. The van der Waals surface area contributed by atoms with E-state index < -0.39 is 0 Å². The van der Waals surface area contributed by atoms with Crippen LogP contribution >= 0.6 is 12.2 Å². The van der Waals surface area contributed by atoms with E-state index >= 15 is 0 Å². The molecule has 0 unspecified atom stereocenters. The van der Waals surface area contributed by atoms with Crippen molar-refractivity contribution in [3.63, 3.8) is 0 Å². The number of rotatable bonds is 0. The minimum absolute atomic E-state index is 0. The van der Waals surface area contributed by atoms with Gasteiger partial charge in [0.15, 0.2) is 5.11 Å². The Morgan fingerprint density at radius 1 is 1.22 bits per heavy atom. The maximum atomic E-state index is 5.02. The van der Waals surface area contributed by atoms with Gasteiger partial charge >= 0.3 is 29.6 Å². The Morgan fingerprint density at radius 3 is 1.67 bits per heavy atom. The Bertz CT molecular complexity index is 106. The molecule has 1 fully saturated rings. The molecule has 0 spiro atoms. The van der Waals surface area contributed by atoms with Crippen LogP contribution in [0.1, 0.15) is 0 Å². The van der Waals surface area contributed by atoms with Gasteiger partial charge in [-0.1, -0.05) is 0 Å². The van der Waals surface area contributed by atoms with E-state index in [-0.39, 0.29) is 29.6 Å². The zero-order valence-electron chi connectivity index (χ0n) is 6.22. The van der Waals surface area contributed by atoms with Crippen molar-refractivity contribution in [2.24, 2.45) is 0 Å². The van der Waals surface area contributed by atoms with Crippen LogP contribution < -0.4 is 29.6 Å². The zero-order chi connectivity index (χ0) is 6.15. The third-order valence-corrected chi connectivity index (χ3v) is 2.05. The molecule has 1 aliphatic rings. The van der Waals surface area contributed by atoms with Crippen molar-refractivity contribution in [3.05, 3.63) is 0 Å². The quantitative estimate of drug-likeness (QED) is 0.273. The number of hydrogen-bond donors (Lipinski definition) is 0. The van der Waals surface area contributed by atoms with Gasteiger partial charge in [-0.3, -0.25) is 0 Å². The van der Waals surface area contributed by atoms with Crippen LogP contribution in [0.15, 0.2) is 0 Å². The molecule has 0 aromatic carbocycles. The van der Waals surface area contributed by atoms with Gasteiger partial charge in [-0.15, -0.1) is 0 Å². The first kappa shape index (κ1) is 9.69. The molecule has 0 aliphatic carbocycles. The topological polar surface area (TPSA) is 6.48 Å². The molecule has 46 valence electrons. The molecule has 2 nitrogen and oxygen atoms in total. The Kier molecular flexibility index (Phi) is 4.05. The van der Waals surface area contributed by atoms with E-state index in [1.54, 1.807) is 0 Å². The van der Waals surface area contributed by atoms with Gasteiger partial charge < -0.3 is 9.80 Å². The first-order chi connectivity index (χ1) is 3.72. The molecule has 9 heavy (non-hydrogen) atoms. The summed E-state index contributed by atoms with van der Waals surface area (Å²) in [7, 11) is 4.04. The van der Waals surface area contributed by atoms with Crippen LogP contribution in [0.25, 0.3) is 0 Å². The minimum atomic E-state index is 0. The predicted octanol–water partition coefficient (Wildman–Crippen LogP) is -2.85. The molecular formula is C5H10N2NaS+. The molecule has 0 aromatic rings. The van der Waals surface area contributed by atoms with Crippen molar-refractivity contribution < 1.29 is 29.6 Å². The van der Waals surface area contributed by atoms with E-state index in [2.05, 4.69) is 9.80 Å². The maximum Gasteiger partial charge on any atom is 1.00 e. The summed E-state index contributed by atoms with van der Waals surface area (Å²) in [5.41, 5.74) is 0. The summed E-state index contributed by atoms with van der Waals surface area (Å²) < 4.78 is 0. The van der Waals surface area contributed by atoms with Crippen LogP contribution in [0.2, 0.25) is 0 Å². The molecule has 4 heteroatoms. The van der Waals surface area contributed by atoms with Gasteiger partial charge in [-0.25, -0.2) is 0 Å². The van der Waals surface area contributed by atoms with E-state index in [1.807, 2.05) is 14.1 Å². The number of thiocarbonyl (C=S) groups is 1. The van der Waals surface area contributed by atoms with Gasteiger partial charge in [-0.05, 0) is 12.2 Å². The first-order valence-corrected chi connectivity index (χ1v) is 3.09. The average molecular weight is 153 g/mol. The predicted molar refractivity (Wildman–Crippen MR) is 37.9 cm³/mol. The van der Waals surface area contributed by atoms with Gasteiger partial charge in [-0.2, -0.15) is 0 Å². The number of hydrogen-bond acceptors (Lipinski definition) is 1. The monoisotopic (exact) mass is 153 g/mol. The number of likely N-dealkylation sites (N-methyl/N-ethyl adjacent to an activating group) is 2. The molecule has 1 aliphatic heterocycles. The Hall–Kier alpha value is 0.690. The third kappa shape index (κ3) is 2.08. The van der Waals surface area contributed by atoms with E-state index in [0.29, 0.717) is 0 Å². The van der Waals surface area contributed by atoms with Crippen LogP contribution in [0.3, 0.4) is 0 Å². The number of nitrogens with zero attached hydrogens (tertiary/aromatic N) is 2. The second kappa shape index (κ2) is 3.76. The minimum Gasteiger partial charge on any atom is -0.350 e. The van der Waals surface area contributed by atoms with Crippen LogP contribution in [0.5, 0.6) is 0 Å². The second-order valence-corrected chi connectivity index (χ2v) is 2.49. The molecule has 1 rings (SSSR count). The Morgan fingerprint density at radius 2 is 1.56 bits per heavy atom. The fourth-order valence-corrected chi connectivity index (χ4v) is 0.965. The first-order valence-electron chi connectivity index (χ1n) is 2.68. The van der Waals surface area contributed by atoms with Gasteiger partial charge in [0.2, 0.25) is 0 Å². The second-order valence-electron chi connectivity index (χ2n) is 2.13. The largest absolute Gasteiger partial charge is 1.00 e. The molecule has 0 N–H and O–H groups in total. The summed E-state index contributed by atoms with van der Waals surface area (Å²) >= 11 is 5.02. The molecule has 0 radical (unpaired) electrons. The van der Waals surface area contributed by atoms with Gasteiger partial charge in [0.05, 0.1) is 0 Å². The SMILES string of the molecule is CN1CCN(C)C1=S.[Na+]. The summed E-state index contributed by atoms with van der Waals surface area (Å²) in [6.45, 7) is 2.16. The van der Waals surface area contributed by atoms with Gasteiger partial charge in [0.25, 0.3) is 0 Å². The van der Waals surface area contributed by atoms with Crippen molar-refractivity contribution in [2.75, 3.05) is 27.2 Å². The molecule has 1 heterocycles. The molecule has 0 atom stereocenters. The third-order valence-electron chi connectivity index (χ3n) is 1.42. The van der Waals surface area contributed by atoms with Crippen molar-refractivity contribution >= 4 is 17.3 Å². The summed E-state index contributed by atoms with van der Waals surface area (Å²) in [6, 6.07) is 0. The molecule has 0 saturated carbocycles. The summed E-state index contributed by atoms with van der Waals surface area (Å²) in [4.78, 5) is 4.16. The standard InChI is InChI=1S/C5H10N2S.Na/c1-6-3-4-7(2)5(6)8;/h3-4H2,1-2H3;/q;+1. The van der Waals surface area contributed by atoms with Crippen molar-refractivity contribution in [2.45, 2.75) is 0 Å². The van der Waals surface area contributed by atoms with E-state index in [1.165, 1.54) is 0 Å². The fraction of sp³-hybridized carbons (Fsp3) is 0.800. The van der Waals surface area contributed by atoms with Crippen LogP contribution in [0.4, 0.5) is 0 Å². The summed E-state index contributed by atoms with van der Waals surface area (Å²) in [6.07, 6.45) is 0. The average Bonchev–Trinajstić information content (AvgIpc) is 1.98. The van der Waals surface area contributed by atoms with E-state index in [4.69, 9.17) is 12.2 Å². The van der Waals surface area contributed by atoms with Crippen LogP contribution in [-0.2, 0) is 0 Å².